The average Bonchev–Trinajstić information content (AvgIpc) is 2.81. The number of nitrogens with zero attached hydrogens (tertiary/aromatic N) is 3. The lowest BCUT2D eigenvalue weighted by Crippen LogP contribution is -2.25. The molecule has 1 aromatic rings. The molecule has 0 spiro atoms. The van der Waals surface area contributed by atoms with E-state index in [2.05, 4.69) is 22.7 Å². The lowest BCUT2D eigenvalue weighted by molar-refractivity contribution is 0.0864. The number of unbranched alkanes of at least 4 members (excludes halogenated alkanes) is 5. The largest absolute Gasteiger partial charge is 0.352 e. The molecule has 0 saturated carbocycles. The van der Waals surface area contributed by atoms with E-state index in [1.807, 2.05) is 0 Å². The number of carbonyl (C=O) groups is 2. The van der Waals surface area contributed by atoms with Crippen LogP contribution in [0.15, 0.2) is 33.5 Å². The third kappa shape index (κ3) is 4.18. The summed E-state index contributed by atoms with van der Waals surface area (Å²) in [4.78, 5) is 24.0. The van der Waals surface area contributed by atoms with Crippen molar-refractivity contribution in [1.82, 2.24) is 9.73 Å². The molecule has 2 rings (SSSR count). The van der Waals surface area contributed by atoms with Crippen molar-refractivity contribution >= 4 is 21.8 Å². The first-order chi connectivity index (χ1) is 12.4. The Hall–Kier alpha value is -2.49. The van der Waals surface area contributed by atoms with E-state index in [4.69, 9.17) is 5.84 Å². The zero-order valence-corrected chi connectivity index (χ0v) is 15.5. The maximum absolute atomic E-state index is 12.3. The Morgan fingerprint density at radius 2 is 1.88 bits per heavy atom. The second kappa shape index (κ2) is 8.75. The molecule has 1 aliphatic heterocycles. The van der Waals surface area contributed by atoms with Gasteiger partial charge in [0.2, 0.25) is 0 Å². The SMILES string of the molecule is CCCCCCCCNC(=O)c1ccc2c(c1)S(=O)(=O)N(/N=N/N)C2=O. The van der Waals surface area contributed by atoms with Crippen LogP contribution in [0.5, 0.6) is 0 Å². The van der Waals surface area contributed by atoms with Crippen LogP contribution in [-0.4, -0.2) is 31.2 Å². The molecule has 26 heavy (non-hydrogen) atoms. The number of rotatable bonds is 9. The standard InChI is InChI=1S/C16H23N5O4S/c1-2-3-4-5-6-7-10-18-15(22)12-8-9-13-14(11-12)26(24,25)21(16(13)23)20-19-17/h8-9,11H,2-7,10H2,1H3,(H2,17,20)(H,18,22). The molecule has 1 aliphatic rings. The van der Waals surface area contributed by atoms with E-state index < -0.39 is 15.9 Å². The molecule has 1 aromatic carbocycles. The highest BCUT2D eigenvalue weighted by atomic mass is 32.2. The molecule has 142 valence electrons. The van der Waals surface area contributed by atoms with Crippen molar-refractivity contribution in [2.75, 3.05) is 6.54 Å². The summed E-state index contributed by atoms with van der Waals surface area (Å²) >= 11 is 0. The summed E-state index contributed by atoms with van der Waals surface area (Å²) < 4.78 is 24.8. The highest BCUT2D eigenvalue weighted by molar-refractivity contribution is 7.90. The van der Waals surface area contributed by atoms with Gasteiger partial charge >= 0.3 is 0 Å². The number of hydrogen-bond acceptors (Lipinski definition) is 6. The molecular weight excluding hydrogens is 358 g/mol. The van der Waals surface area contributed by atoms with Gasteiger partial charge in [0.25, 0.3) is 21.8 Å². The fraction of sp³-hybridized carbons (Fsp3) is 0.500. The average molecular weight is 381 g/mol. The van der Waals surface area contributed by atoms with Crippen LogP contribution in [-0.2, 0) is 10.0 Å². The summed E-state index contributed by atoms with van der Waals surface area (Å²) in [5, 5.41) is 8.75. The maximum atomic E-state index is 12.3. The second-order valence-electron chi connectivity index (χ2n) is 5.99. The predicted octanol–water partition coefficient (Wildman–Crippen LogP) is 2.16. The monoisotopic (exact) mass is 381 g/mol. The number of nitrogens with two attached hydrogens (primary N) is 1. The summed E-state index contributed by atoms with van der Waals surface area (Å²) in [6, 6.07) is 3.87. The molecule has 1 heterocycles. The Balaban J connectivity index is 2.00. The van der Waals surface area contributed by atoms with Crippen LogP contribution < -0.4 is 11.2 Å². The topological polar surface area (TPSA) is 134 Å². The first kappa shape index (κ1) is 19.8. The number of benzene rings is 1. The third-order valence-corrected chi connectivity index (χ3v) is 5.69. The molecule has 0 bridgehead atoms. The molecule has 0 unspecified atom stereocenters. The lowest BCUT2D eigenvalue weighted by atomic mass is 10.1. The molecule has 0 fully saturated rings. The van der Waals surface area contributed by atoms with E-state index in [1.54, 1.807) is 0 Å². The van der Waals surface area contributed by atoms with E-state index in [-0.39, 0.29) is 26.3 Å². The van der Waals surface area contributed by atoms with Crippen LogP contribution in [0.3, 0.4) is 0 Å². The fourth-order valence-corrected chi connectivity index (χ4v) is 4.05. The van der Waals surface area contributed by atoms with Gasteiger partial charge < -0.3 is 11.2 Å². The summed E-state index contributed by atoms with van der Waals surface area (Å²) in [5.74, 6) is 3.61. The predicted molar refractivity (Wildman–Crippen MR) is 94.5 cm³/mol. The number of hydrogen-bond donors (Lipinski definition) is 2. The van der Waals surface area contributed by atoms with E-state index in [1.165, 1.54) is 37.5 Å². The van der Waals surface area contributed by atoms with Crippen LogP contribution in [0.2, 0.25) is 0 Å². The molecule has 0 aliphatic carbocycles. The number of sulfonamides is 1. The van der Waals surface area contributed by atoms with E-state index in [9.17, 15) is 18.0 Å². The minimum atomic E-state index is -4.19. The minimum absolute atomic E-state index is 0.0649. The Morgan fingerprint density at radius 3 is 2.58 bits per heavy atom. The van der Waals surface area contributed by atoms with Gasteiger partial charge in [-0.25, -0.2) is 0 Å². The lowest BCUT2D eigenvalue weighted by Gasteiger charge is -2.06. The van der Waals surface area contributed by atoms with Gasteiger partial charge in [-0.3, -0.25) is 9.59 Å². The van der Waals surface area contributed by atoms with Crippen LogP contribution in [0.1, 0.15) is 66.2 Å². The van der Waals surface area contributed by atoms with E-state index >= 15 is 0 Å². The third-order valence-electron chi connectivity index (χ3n) is 4.10. The first-order valence-corrected chi connectivity index (χ1v) is 10.00. The number of amides is 2. The van der Waals surface area contributed by atoms with Gasteiger partial charge in [0, 0.05) is 12.1 Å². The summed E-state index contributed by atoms with van der Waals surface area (Å²) in [7, 11) is -4.19. The zero-order valence-electron chi connectivity index (χ0n) is 14.6. The van der Waals surface area contributed by atoms with Gasteiger partial charge in [-0.1, -0.05) is 48.7 Å². The van der Waals surface area contributed by atoms with Crippen LogP contribution in [0.4, 0.5) is 0 Å². The Bertz CT molecular complexity index is 807. The Morgan fingerprint density at radius 1 is 1.19 bits per heavy atom. The van der Waals surface area contributed by atoms with Gasteiger partial charge in [0.05, 0.1) is 5.56 Å². The van der Waals surface area contributed by atoms with Gasteiger partial charge in [-0.2, -0.15) is 8.42 Å². The molecule has 3 N–H and O–H groups in total. The van der Waals surface area contributed by atoms with Crippen LogP contribution >= 0.6 is 0 Å². The van der Waals surface area contributed by atoms with Crippen molar-refractivity contribution in [3.8, 4) is 0 Å². The first-order valence-electron chi connectivity index (χ1n) is 8.56. The molecule has 0 saturated heterocycles. The molecular formula is C16H23N5O4S. The molecule has 0 aromatic heterocycles. The fourth-order valence-electron chi connectivity index (χ4n) is 2.70. The van der Waals surface area contributed by atoms with Gasteiger partial charge in [-0.15, -0.1) is 0 Å². The van der Waals surface area contributed by atoms with Crippen LogP contribution in [0, 0.1) is 0 Å². The summed E-state index contributed by atoms with van der Waals surface area (Å²) in [6.07, 6.45) is 6.63. The van der Waals surface area contributed by atoms with Crippen molar-refractivity contribution in [1.29, 1.82) is 0 Å². The minimum Gasteiger partial charge on any atom is -0.352 e. The highest BCUT2D eigenvalue weighted by Gasteiger charge is 2.42. The zero-order chi connectivity index (χ0) is 19.2. The summed E-state index contributed by atoms with van der Waals surface area (Å²) in [5.41, 5.74) is 0.0996. The number of fused-ring (bicyclic) bond motifs is 1. The molecule has 0 atom stereocenters. The number of carbonyl (C=O) groups excluding carboxylic acids is 2. The molecule has 2 amide bonds. The van der Waals surface area contributed by atoms with Crippen molar-refractivity contribution in [2.24, 2.45) is 16.3 Å². The highest BCUT2D eigenvalue weighted by Crippen LogP contribution is 2.31. The Kier molecular flexibility index (Phi) is 6.67. The molecule has 0 radical (unpaired) electrons. The van der Waals surface area contributed by atoms with Gasteiger partial charge in [-0.05, 0) is 29.8 Å². The molecule has 9 nitrogen and oxygen atoms in total. The Labute approximate surface area is 152 Å². The van der Waals surface area contributed by atoms with E-state index in [0.29, 0.717) is 6.54 Å². The van der Waals surface area contributed by atoms with Gasteiger partial charge in [0.15, 0.2) is 0 Å². The van der Waals surface area contributed by atoms with Gasteiger partial charge in [0.1, 0.15) is 4.90 Å². The maximum Gasteiger partial charge on any atom is 0.291 e. The van der Waals surface area contributed by atoms with Crippen molar-refractivity contribution < 1.29 is 18.0 Å². The summed E-state index contributed by atoms with van der Waals surface area (Å²) in [6.45, 7) is 2.67. The normalized spacial score (nSPS) is 15.4. The quantitative estimate of drug-likeness (QED) is 0.292. The molecule has 10 heteroatoms. The number of nitrogens with one attached hydrogen (secondary N) is 1. The van der Waals surface area contributed by atoms with E-state index in [0.717, 1.165) is 19.3 Å². The van der Waals surface area contributed by atoms with Crippen molar-refractivity contribution in [3.05, 3.63) is 29.3 Å². The van der Waals surface area contributed by atoms with Crippen molar-refractivity contribution in [3.63, 3.8) is 0 Å². The smallest absolute Gasteiger partial charge is 0.291 e. The second-order valence-corrected chi connectivity index (χ2v) is 7.73. The van der Waals surface area contributed by atoms with Crippen molar-refractivity contribution in [2.45, 2.75) is 50.3 Å². The van der Waals surface area contributed by atoms with Crippen LogP contribution in [0.25, 0.3) is 0 Å².